The number of hydrogen-bond donors (Lipinski definition) is 0. The third kappa shape index (κ3) is 2.68. The molecule has 0 aromatic carbocycles. The van der Waals surface area contributed by atoms with E-state index in [1.807, 2.05) is 4.68 Å². The molecule has 1 fully saturated rings. The Morgan fingerprint density at radius 2 is 2.07 bits per heavy atom. The van der Waals surface area contributed by atoms with E-state index >= 15 is 0 Å². The van der Waals surface area contributed by atoms with Crippen LogP contribution in [-0.4, -0.2) is 26.1 Å². The quantitative estimate of drug-likeness (QED) is 0.743. The summed E-state index contributed by atoms with van der Waals surface area (Å²) in [4.78, 5) is 0. The Bertz CT molecular complexity index is 293. The van der Waals surface area contributed by atoms with Crippen LogP contribution in [0.15, 0.2) is 0 Å². The maximum absolute atomic E-state index is 5.68. The zero-order valence-electron chi connectivity index (χ0n) is 8.90. The van der Waals surface area contributed by atoms with Crippen molar-refractivity contribution in [3.8, 4) is 0 Å². The van der Waals surface area contributed by atoms with Crippen molar-refractivity contribution in [1.82, 2.24) is 20.2 Å². The van der Waals surface area contributed by atoms with Crippen LogP contribution in [0.2, 0.25) is 0 Å². The molecule has 0 unspecified atom stereocenters. The lowest BCUT2D eigenvalue weighted by Gasteiger charge is -2.22. The lowest BCUT2D eigenvalue weighted by atomic mass is 9.95. The van der Waals surface area contributed by atoms with Gasteiger partial charge in [-0.2, -0.15) is 0 Å². The summed E-state index contributed by atoms with van der Waals surface area (Å²) in [5, 5.41) is 11.9. The highest BCUT2D eigenvalue weighted by molar-refractivity contribution is 6.17. The van der Waals surface area contributed by atoms with Crippen LogP contribution in [0.1, 0.15) is 50.4 Å². The third-order valence-electron chi connectivity index (χ3n) is 3.02. The van der Waals surface area contributed by atoms with E-state index in [1.54, 1.807) is 0 Å². The number of halogens is 1. The maximum atomic E-state index is 5.68. The molecule has 0 saturated heterocycles. The van der Waals surface area contributed by atoms with Crippen LogP contribution in [0.25, 0.3) is 0 Å². The van der Waals surface area contributed by atoms with Crippen LogP contribution in [0, 0.1) is 0 Å². The number of nitrogens with zero attached hydrogens (tertiary/aromatic N) is 4. The van der Waals surface area contributed by atoms with Gasteiger partial charge in [0.25, 0.3) is 0 Å². The molecule has 0 radical (unpaired) electrons. The van der Waals surface area contributed by atoms with E-state index < -0.39 is 0 Å². The van der Waals surface area contributed by atoms with Gasteiger partial charge in [0.2, 0.25) is 0 Å². The topological polar surface area (TPSA) is 43.6 Å². The van der Waals surface area contributed by atoms with Gasteiger partial charge in [0.05, 0.1) is 6.04 Å². The molecule has 1 aliphatic carbocycles. The summed E-state index contributed by atoms with van der Waals surface area (Å²) in [5.74, 6) is 1.68. The van der Waals surface area contributed by atoms with Crippen LogP contribution < -0.4 is 0 Å². The second kappa shape index (κ2) is 5.45. The fourth-order valence-electron chi connectivity index (χ4n) is 2.21. The SMILES string of the molecule is ClCCCc1nnnn1C1CCCCC1. The molecule has 0 N–H and O–H groups in total. The van der Waals surface area contributed by atoms with Gasteiger partial charge in [0.15, 0.2) is 5.82 Å². The fraction of sp³-hybridized carbons (Fsp3) is 0.900. The highest BCUT2D eigenvalue weighted by Gasteiger charge is 2.19. The molecular weight excluding hydrogens is 212 g/mol. The Morgan fingerprint density at radius 1 is 1.27 bits per heavy atom. The Balaban J connectivity index is 2.02. The van der Waals surface area contributed by atoms with Crippen molar-refractivity contribution in [1.29, 1.82) is 0 Å². The first kappa shape index (κ1) is 10.9. The van der Waals surface area contributed by atoms with Crippen molar-refractivity contribution < 1.29 is 0 Å². The van der Waals surface area contributed by atoms with Gasteiger partial charge < -0.3 is 0 Å². The monoisotopic (exact) mass is 228 g/mol. The second-order valence-electron chi connectivity index (χ2n) is 4.12. The summed E-state index contributed by atoms with van der Waals surface area (Å²) in [6, 6.07) is 0.527. The number of rotatable bonds is 4. The predicted molar refractivity (Wildman–Crippen MR) is 59.0 cm³/mol. The van der Waals surface area contributed by atoms with Crippen molar-refractivity contribution in [2.75, 3.05) is 5.88 Å². The lowest BCUT2D eigenvalue weighted by molar-refractivity contribution is 0.316. The molecule has 15 heavy (non-hydrogen) atoms. The van der Waals surface area contributed by atoms with Gasteiger partial charge in [0.1, 0.15) is 0 Å². The van der Waals surface area contributed by atoms with Crippen molar-refractivity contribution in [2.24, 2.45) is 0 Å². The smallest absolute Gasteiger partial charge is 0.151 e. The van der Waals surface area contributed by atoms with Gasteiger partial charge in [-0.25, -0.2) is 4.68 Å². The molecule has 1 saturated carbocycles. The first-order valence-corrected chi connectivity index (χ1v) is 6.28. The van der Waals surface area contributed by atoms with Crippen LogP contribution in [0.3, 0.4) is 0 Å². The maximum Gasteiger partial charge on any atom is 0.151 e. The van der Waals surface area contributed by atoms with Gasteiger partial charge in [-0.15, -0.1) is 16.7 Å². The first-order valence-electron chi connectivity index (χ1n) is 5.74. The van der Waals surface area contributed by atoms with Gasteiger partial charge in [-0.3, -0.25) is 0 Å². The molecule has 0 bridgehead atoms. The number of hydrogen-bond acceptors (Lipinski definition) is 3. The standard InChI is InChI=1S/C10H17ClN4/c11-8-4-7-10-12-13-14-15(10)9-5-2-1-3-6-9/h9H,1-8H2. The number of aryl methyl sites for hydroxylation is 1. The highest BCUT2D eigenvalue weighted by Crippen LogP contribution is 2.27. The summed E-state index contributed by atoms with van der Waals surface area (Å²) in [6.45, 7) is 0. The molecule has 4 nitrogen and oxygen atoms in total. The minimum atomic E-state index is 0.527. The molecule has 0 aliphatic heterocycles. The minimum absolute atomic E-state index is 0.527. The Morgan fingerprint density at radius 3 is 2.80 bits per heavy atom. The fourth-order valence-corrected chi connectivity index (χ4v) is 2.34. The van der Waals surface area contributed by atoms with Gasteiger partial charge >= 0.3 is 0 Å². The van der Waals surface area contributed by atoms with Crippen molar-refractivity contribution in [2.45, 2.75) is 51.0 Å². The van der Waals surface area contributed by atoms with Crippen LogP contribution in [0.5, 0.6) is 0 Å². The van der Waals surface area contributed by atoms with Gasteiger partial charge in [0, 0.05) is 12.3 Å². The van der Waals surface area contributed by atoms with E-state index in [-0.39, 0.29) is 0 Å². The lowest BCUT2D eigenvalue weighted by Crippen LogP contribution is -2.17. The zero-order chi connectivity index (χ0) is 10.5. The van der Waals surface area contributed by atoms with Crippen molar-refractivity contribution in [3.63, 3.8) is 0 Å². The average molecular weight is 229 g/mol. The first-order chi connectivity index (χ1) is 7.42. The predicted octanol–water partition coefficient (Wildman–Crippen LogP) is 2.35. The van der Waals surface area contributed by atoms with Crippen molar-refractivity contribution in [3.05, 3.63) is 5.82 Å². The minimum Gasteiger partial charge on any atom is -0.227 e. The third-order valence-corrected chi connectivity index (χ3v) is 3.28. The molecule has 5 heteroatoms. The molecule has 84 valence electrons. The second-order valence-corrected chi connectivity index (χ2v) is 4.50. The van der Waals surface area contributed by atoms with Gasteiger partial charge in [-0.1, -0.05) is 19.3 Å². The largest absolute Gasteiger partial charge is 0.227 e. The molecule has 1 aliphatic rings. The van der Waals surface area contributed by atoms with Crippen LogP contribution in [-0.2, 0) is 6.42 Å². The molecular formula is C10H17ClN4. The summed E-state index contributed by atoms with van der Waals surface area (Å²) in [7, 11) is 0. The molecule has 1 heterocycles. The van der Waals surface area contributed by atoms with E-state index in [9.17, 15) is 0 Å². The van der Waals surface area contributed by atoms with Crippen molar-refractivity contribution >= 4 is 11.6 Å². The molecule has 1 aromatic rings. The van der Waals surface area contributed by atoms with E-state index in [1.165, 1.54) is 32.1 Å². The molecule has 0 amide bonds. The molecule has 0 atom stereocenters. The highest BCUT2D eigenvalue weighted by atomic mass is 35.5. The van der Waals surface area contributed by atoms with E-state index in [0.29, 0.717) is 11.9 Å². The number of alkyl halides is 1. The Hall–Kier alpha value is -0.640. The van der Waals surface area contributed by atoms with Crippen LogP contribution in [0.4, 0.5) is 0 Å². The summed E-state index contributed by atoms with van der Waals surface area (Å²) >= 11 is 5.68. The van der Waals surface area contributed by atoms with Crippen LogP contribution >= 0.6 is 11.6 Å². The van der Waals surface area contributed by atoms with E-state index in [2.05, 4.69) is 15.5 Å². The molecule has 2 rings (SSSR count). The normalized spacial score (nSPS) is 18.2. The zero-order valence-corrected chi connectivity index (χ0v) is 9.66. The summed E-state index contributed by atoms with van der Waals surface area (Å²) in [6.07, 6.45) is 8.26. The van der Waals surface area contributed by atoms with E-state index in [4.69, 9.17) is 11.6 Å². The molecule has 1 aromatic heterocycles. The van der Waals surface area contributed by atoms with E-state index in [0.717, 1.165) is 18.7 Å². The average Bonchev–Trinajstić information content (AvgIpc) is 2.75. The number of tetrazole rings is 1. The number of aromatic nitrogens is 4. The summed E-state index contributed by atoms with van der Waals surface area (Å²) < 4.78 is 2.02. The van der Waals surface area contributed by atoms with Gasteiger partial charge in [-0.05, 0) is 29.7 Å². The Kier molecular flexibility index (Phi) is 3.94. The molecule has 0 spiro atoms. The summed E-state index contributed by atoms with van der Waals surface area (Å²) in [5.41, 5.74) is 0. The Labute approximate surface area is 95.0 Å².